The van der Waals surface area contributed by atoms with E-state index in [1.54, 1.807) is 25.3 Å². The first-order chi connectivity index (χ1) is 17.7. The number of rotatable bonds is 8. The fourth-order valence-corrected chi connectivity index (χ4v) is 4.57. The molecule has 7 heteroatoms. The molecule has 3 aromatic rings. The second-order valence-corrected chi connectivity index (χ2v) is 9.17. The molecule has 1 atom stereocenters. The molecular formula is C30H32N2O5. The third-order valence-corrected chi connectivity index (χ3v) is 6.54. The first-order valence-corrected chi connectivity index (χ1v) is 12.2. The van der Waals surface area contributed by atoms with Crippen LogP contribution in [-0.4, -0.2) is 49.5 Å². The standard InChI is InChI=1S/C30H32N2O5/c1-6-37-23-13-7-20(8-14-23)18-32-27(21-9-11-22(12-10-21)31(3)4)26(29(34)30(32)35)28(33)25-16-15-24(36-5)17-19(25)2/h7-17,27,33H,6,18H2,1-5H3/b28-26-. The lowest BCUT2D eigenvalue weighted by Gasteiger charge is -2.26. The number of likely N-dealkylation sites (tertiary alicyclic amines) is 1. The minimum Gasteiger partial charge on any atom is -0.507 e. The maximum Gasteiger partial charge on any atom is 0.295 e. The van der Waals surface area contributed by atoms with Crippen molar-refractivity contribution in [2.75, 3.05) is 32.7 Å². The average molecular weight is 501 g/mol. The molecule has 1 aliphatic heterocycles. The van der Waals surface area contributed by atoms with Gasteiger partial charge in [0.1, 0.15) is 17.3 Å². The minimum atomic E-state index is -0.746. The Labute approximate surface area is 217 Å². The van der Waals surface area contributed by atoms with E-state index in [4.69, 9.17) is 9.47 Å². The van der Waals surface area contributed by atoms with E-state index in [-0.39, 0.29) is 17.9 Å². The van der Waals surface area contributed by atoms with Crippen LogP contribution in [0.15, 0.2) is 72.3 Å². The van der Waals surface area contributed by atoms with Gasteiger partial charge in [-0.2, -0.15) is 0 Å². The van der Waals surface area contributed by atoms with Crippen molar-refractivity contribution in [2.45, 2.75) is 26.4 Å². The molecule has 4 rings (SSSR count). The van der Waals surface area contributed by atoms with E-state index in [0.717, 1.165) is 28.1 Å². The second-order valence-electron chi connectivity index (χ2n) is 9.17. The third kappa shape index (κ3) is 5.16. The Morgan fingerprint density at radius 2 is 1.62 bits per heavy atom. The summed E-state index contributed by atoms with van der Waals surface area (Å²) in [5, 5.41) is 11.4. The number of ether oxygens (including phenoxy) is 2. The largest absolute Gasteiger partial charge is 0.507 e. The zero-order valence-corrected chi connectivity index (χ0v) is 21.8. The van der Waals surface area contributed by atoms with Crippen LogP contribution in [-0.2, 0) is 16.1 Å². The highest BCUT2D eigenvalue weighted by molar-refractivity contribution is 6.46. The van der Waals surface area contributed by atoms with Gasteiger partial charge in [0.15, 0.2) is 0 Å². The smallest absolute Gasteiger partial charge is 0.295 e. The van der Waals surface area contributed by atoms with E-state index in [2.05, 4.69) is 0 Å². The zero-order valence-electron chi connectivity index (χ0n) is 21.8. The highest BCUT2D eigenvalue weighted by atomic mass is 16.5. The first kappa shape index (κ1) is 25.8. The van der Waals surface area contributed by atoms with Gasteiger partial charge in [-0.3, -0.25) is 9.59 Å². The van der Waals surface area contributed by atoms with Crippen molar-refractivity contribution >= 4 is 23.1 Å². The number of aliphatic hydroxyl groups is 1. The summed E-state index contributed by atoms with van der Waals surface area (Å²) in [4.78, 5) is 30.2. The number of carbonyl (C=O) groups excluding carboxylic acids is 2. The summed E-state index contributed by atoms with van der Waals surface area (Å²) in [6.07, 6.45) is 0. The van der Waals surface area contributed by atoms with Crippen LogP contribution in [0.1, 0.15) is 35.2 Å². The normalized spacial score (nSPS) is 16.7. The van der Waals surface area contributed by atoms with E-state index in [1.807, 2.05) is 81.4 Å². The van der Waals surface area contributed by atoms with Gasteiger partial charge in [-0.25, -0.2) is 0 Å². The summed E-state index contributed by atoms with van der Waals surface area (Å²) >= 11 is 0. The molecule has 1 aliphatic rings. The van der Waals surface area contributed by atoms with E-state index in [1.165, 1.54) is 4.90 Å². The van der Waals surface area contributed by atoms with Gasteiger partial charge in [0, 0.05) is 31.9 Å². The SMILES string of the molecule is CCOc1ccc(CN2C(=O)C(=O)/C(=C(\O)c3ccc(OC)cc3C)C2c2ccc(N(C)C)cc2)cc1. The molecule has 1 unspecified atom stereocenters. The maximum atomic E-state index is 13.4. The van der Waals surface area contributed by atoms with Gasteiger partial charge in [0.05, 0.1) is 25.3 Å². The maximum absolute atomic E-state index is 13.4. The van der Waals surface area contributed by atoms with Crippen LogP contribution in [0.3, 0.4) is 0 Å². The summed E-state index contributed by atoms with van der Waals surface area (Å²) in [7, 11) is 5.46. The molecule has 0 spiro atoms. The van der Waals surface area contributed by atoms with Crippen LogP contribution < -0.4 is 14.4 Å². The van der Waals surface area contributed by atoms with E-state index >= 15 is 0 Å². The topological polar surface area (TPSA) is 79.3 Å². The lowest BCUT2D eigenvalue weighted by molar-refractivity contribution is -0.140. The lowest BCUT2D eigenvalue weighted by atomic mass is 9.93. The molecule has 192 valence electrons. The number of hydrogen-bond donors (Lipinski definition) is 1. The summed E-state index contributed by atoms with van der Waals surface area (Å²) in [5.74, 6) is -0.182. The molecular weight excluding hydrogens is 468 g/mol. The Morgan fingerprint density at radius 3 is 2.19 bits per heavy atom. The fourth-order valence-electron chi connectivity index (χ4n) is 4.57. The second kappa shape index (κ2) is 10.8. The van der Waals surface area contributed by atoms with Gasteiger partial charge in [0.25, 0.3) is 11.7 Å². The van der Waals surface area contributed by atoms with Gasteiger partial charge >= 0.3 is 0 Å². The number of amides is 1. The number of benzene rings is 3. The molecule has 1 amide bonds. The summed E-state index contributed by atoms with van der Waals surface area (Å²) < 4.78 is 10.8. The molecule has 0 radical (unpaired) electrons. The van der Waals surface area contributed by atoms with Gasteiger partial charge in [-0.05, 0) is 73.0 Å². The molecule has 1 saturated heterocycles. The van der Waals surface area contributed by atoms with Crippen molar-refractivity contribution in [2.24, 2.45) is 0 Å². The number of carbonyl (C=O) groups is 2. The van der Waals surface area contributed by atoms with Crippen molar-refractivity contribution in [1.29, 1.82) is 0 Å². The van der Waals surface area contributed by atoms with Gasteiger partial charge < -0.3 is 24.4 Å². The Morgan fingerprint density at radius 1 is 0.973 bits per heavy atom. The van der Waals surface area contributed by atoms with Crippen LogP contribution in [0.4, 0.5) is 5.69 Å². The molecule has 1 heterocycles. The van der Waals surface area contributed by atoms with Crippen LogP contribution in [0, 0.1) is 6.92 Å². The number of methoxy groups -OCH3 is 1. The van der Waals surface area contributed by atoms with Crippen molar-refractivity contribution in [3.05, 3.63) is 94.6 Å². The Bertz CT molecular complexity index is 1330. The van der Waals surface area contributed by atoms with E-state index in [0.29, 0.717) is 17.9 Å². The van der Waals surface area contributed by atoms with Gasteiger partial charge in [0.2, 0.25) is 0 Å². The van der Waals surface area contributed by atoms with Crippen LogP contribution in [0.25, 0.3) is 5.76 Å². The minimum absolute atomic E-state index is 0.0711. The molecule has 0 aromatic heterocycles. The Hall–Kier alpha value is -4.26. The highest BCUT2D eigenvalue weighted by Crippen LogP contribution is 2.41. The van der Waals surface area contributed by atoms with Crippen molar-refractivity contribution in [3.63, 3.8) is 0 Å². The predicted octanol–water partition coefficient (Wildman–Crippen LogP) is 5.09. The number of ketones is 1. The number of nitrogens with zero attached hydrogens (tertiary/aromatic N) is 2. The molecule has 3 aromatic carbocycles. The number of aliphatic hydroxyl groups excluding tert-OH is 1. The molecule has 37 heavy (non-hydrogen) atoms. The molecule has 1 N–H and O–H groups in total. The van der Waals surface area contributed by atoms with Gasteiger partial charge in [-0.15, -0.1) is 0 Å². The monoisotopic (exact) mass is 500 g/mol. The van der Waals surface area contributed by atoms with Crippen molar-refractivity contribution in [1.82, 2.24) is 4.90 Å². The molecule has 0 bridgehead atoms. The molecule has 0 saturated carbocycles. The summed E-state index contributed by atoms with van der Waals surface area (Å²) in [6.45, 7) is 4.51. The predicted molar refractivity (Wildman–Crippen MR) is 144 cm³/mol. The Balaban J connectivity index is 1.82. The summed E-state index contributed by atoms with van der Waals surface area (Å²) in [5.41, 5.74) is 3.86. The average Bonchev–Trinajstić information content (AvgIpc) is 3.14. The van der Waals surface area contributed by atoms with Crippen LogP contribution in [0.5, 0.6) is 11.5 Å². The van der Waals surface area contributed by atoms with Gasteiger partial charge in [-0.1, -0.05) is 24.3 Å². The number of Topliss-reactive ketones (excluding diaryl/α,β-unsaturated/α-hetero) is 1. The van der Waals surface area contributed by atoms with E-state index < -0.39 is 17.7 Å². The summed E-state index contributed by atoms with van der Waals surface area (Å²) in [6, 6.07) is 19.6. The van der Waals surface area contributed by atoms with Crippen LogP contribution >= 0.6 is 0 Å². The first-order valence-electron chi connectivity index (χ1n) is 12.2. The highest BCUT2D eigenvalue weighted by Gasteiger charge is 2.46. The molecule has 0 aliphatic carbocycles. The molecule has 7 nitrogen and oxygen atoms in total. The van der Waals surface area contributed by atoms with Crippen LogP contribution in [0.2, 0.25) is 0 Å². The number of aryl methyl sites for hydroxylation is 1. The fraction of sp³-hybridized carbons (Fsp3) is 0.267. The Kier molecular flexibility index (Phi) is 7.53. The number of hydrogen-bond acceptors (Lipinski definition) is 6. The third-order valence-electron chi connectivity index (χ3n) is 6.54. The van der Waals surface area contributed by atoms with E-state index in [9.17, 15) is 14.7 Å². The van der Waals surface area contributed by atoms with Crippen molar-refractivity contribution < 1.29 is 24.2 Å². The zero-order chi connectivity index (χ0) is 26.7. The quantitative estimate of drug-likeness (QED) is 0.264. The number of anilines is 1. The van der Waals surface area contributed by atoms with Crippen molar-refractivity contribution in [3.8, 4) is 11.5 Å². The lowest BCUT2D eigenvalue weighted by Crippen LogP contribution is -2.29. The molecule has 1 fully saturated rings.